The van der Waals surface area contributed by atoms with E-state index in [1.807, 2.05) is 37.3 Å². The van der Waals surface area contributed by atoms with E-state index in [0.29, 0.717) is 23.2 Å². The van der Waals surface area contributed by atoms with E-state index in [9.17, 15) is 8.42 Å². The van der Waals surface area contributed by atoms with Crippen LogP contribution in [0.4, 0.5) is 0 Å². The lowest BCUT2D eigenvalue weighted by Crippen LogP contribution is -2.48. The van der Waals surface area contributed by atoms with Gasteiger partial charge in [0.05, 0.1) is 25.7 Å². The van der Waals surface area contributed by atoms with E-state index in [0.717, 1.165) is 11.1 Å². The highest BCUT2D eigenvalue weighted by Crippen LogP contribution is 2.36. The number of hydrogen-bond donors (Lipinski definition) is 0. The van der Waals surface area contributed by atoms with Crippen LogP contribution in [-0.4, -0.2) is 50.2 Å². The van der Waals surface area contributed by atoms with Gasteiger partial charge in [-0.2, -0.15) is 9.29 Å². The van der Waals surface area contributed by atoms with Gasteiger partial charge in [0, 0.05) is 13.1 Å². The first-order valence-electron chi connectivity index (χ1n) is 9.06. The number of nitrogens with zero attached hydrogens (tertiary/aromatic N) is 3. The molecule has 0 amide bonds. The zero-order valence-corrected chi connectivity index (χ0v) is 17.1. The number of hydrogen-bond acceptors (Lipinski definition) is 7. The first-order chi connectivity index (χ1) is 13.9. The number of ether oxygens (including phenoxy) is 2. The van der Waals surface area contributed by atoms with Crippen molar-refractivity contribution in [1.29, 1.82) is 0 Å². The monoisotopic (exact) mass is 415 g/mol. The molecule has 9 heteroatoms. The molecular formula is C20H21N3O5S. The second-order valence-electron chi connectivity index (χ2n) is 6.83. The van der Waals surface area contributed by atoms with Crippen molar-refractivity contribution in [2.24, 2.45) is 0 Å². The molecule has 0 aliphatic carbocycles. The van der Waals surface area contributed by atoms with Gasteiger partial charge < -0.3 is 14.0 Å². The molecule has 1 saturated heterocycles. The summed E-state index contributed by atoms with van der Waals surface area (Å²) in [4.78, 5) is 4.61. The molecule has 4 rings (SSSR count). The molecule has 1 fully saturated rings. The Kier molecular flexibility index (Phi) is 5.01. The summed E-state index contributed by atoms with van der Waals surface area (Å²) in [5.41, 5.74) is 1.57. The van der Waals surface area contributed by atoms with E-state index in [1.54, 1.807) is 19.2 Å². The summed E-state index contributed by atoms with van der Waals surface area (Å²) in [7, 11) is -0.630. The second-order valence-corrected chi connectivity index (χ2v) is 8.74. The highest BCUT2D eigenvalue weighted by molar-refractivity contribution is 7.89. The van der Waals surface area contributed by atoms with Crippen LogP contribution >= 0.6 is 0 Å². The fraction of sp³-hybridized carbons (Fsp3) is 0.300. The first kappa shape index (κ1) is 19.4. The molecule has 2 heterocycles. The van der Waals surface area contributed by atoms with Gasteiger partial charge in [0.2, 0.25) is 21.7 Å². The topological polar surface area (TPSA) is 94.8 Å². The van der Waals surface area contributed by atoms with Gasteiger partial charge in [0.25, 0.3) is 0 Å². The van der Waals surface area contributed by atoms with E-state index in [2.05, 4.69) is 10.1 Å². The molecule has 29 heavy (non-hydrogen) atoms. The average Bonchev–Trinajstić information content (AvgIpc) is 3.16. The Hall–Kier alpha value is -2.91. The number of aryl methyl sites for hydroxylation is 1. The van der Waals surface area contributed by atoms with Crippen molar-refractivity contribution >= 4 is 10.0 Å². The molecule has 2 aromatic carbocycles. The van der Waals surface area contributed by atoms with Crippen molar-refractivity contribution in [3.8, 4) is 22.9 Å². The maximum absolute atomic E-state index is 13.0. The van der Waals surface area contributed by atoms with Gasteiger partial charge in [-0.25, -0.2) is 8.42 Å². The lowest BCUT2D eigenvalue weighted by atomic mass is 10.0. The van der Waals surface area contributed by atoms with Crippen LogP contribution in [0.1, 0.15) is 17.4 Å². The maximum Gasteiger partial charge on any atom is 0.246 e. The second kappa shape index (κ2) is 7.49. The van der Waals surface area contributed by atoms with Crippen molar-refractivity contribution in [2.45, 2.75) is 17.7 Å². The highest BCUT2D eigenvalue weighted by atomic mass is 32.2. The molecule has 152 valence electrons. The molecule has 0 saturated carbocycles. The van der Waals surface area contributed by atoms with Crippen molar-refractivity contribution in [2.75, 3.05) is 27.3 Å². The number of para-hydroxylation sites is 1. The van der Waals surface area contributed by atoms with Crippen LogP contribution in [0, 0.1) is 6.92 Å². The maximum atomic E-state index is 13.0. The predicted octanol–water partition coefficient (Wildman–Crippen LogP) is 2.85. The summed E-state index contributed by atoms with van der Waals surface area (Å²) in [5.74, 6) is 1.64. The van der Waals surface area contributed by atoms with Gasteiger partial charge in [-0.15, -0.1) is 0 Å². The summed E-state index contributed by atoms with van der Waals surface area (Å²) in [5, 5.41) is 4.03. The third-order valence-corrected chi connectivity index (χ3v) is 6.78. The molecule has 0 spiro atoms. The highest BCUT2D eigenvalue weighted by Gasteiger charge is 2.41. The zero-order chi connectivity index (χ0) is 20.6. The number of methoxy groups -OCH3 is 2. The van der Waals surface area contributed by atoms with E-state index < -0.39 is 10.0 Å². The van der Waals surface area contributed by atoms with Crippen LogP contribution in [-0.2, 0) is 10.0 Å². The minimum absolute atomic E-state index is 0.156. The molecule has 0 unspecified atom stereocenters. The Morgan fingerprint density at radius 3 is 2.52 bits per heavy atom. The third kappa shape index (κ3) is 3.47. The van der Waals surface area contributed by atoms with E-state index in [4.69, 9.17) is 14.0 Å². The Labute approximate surface area is 169 Å². The molecule has 0 radical (unpaired) electrons. The molecule has 8 nitrogen and oxygen atoms in total. The van der Waals surface area contributed by atoms with Crippen molar-refractivity contribution in [3.63, 3.8) is 0 Å². The molecule has 3 aromatic rings. The number of aromatic nitrogens is 2. The Morgan fingerprint density at radius 2 is 1.79 bits per heavy atom. The van der Waals surface area contributed by atoms with E-state index in [-0.39, 0.29) is 23.9 Å². The molecule has 0 atom stereocenters. The van der Waals surface area contributed by atoms with E-state index >= 15 is 0 Å². The minimum atomic E-state index is -3.67. The van der Waals surface area contributed by atoms with Crippen LogP contribution in [0.2, 0.25) is 0 Å². The first-order valence-corrected chi connectivity index (χ1v) is 10.5. The van der Waals surface area contributed by atoms with Crippen molar-refractivity contribution < 1.29 is 22.4 Å². The SMILES string of the molecule is COc1ccccc1-c1noc(C2CN(S(=O)(=O)c3cc(C)ccc3OC)C2)n1. The summed E-state index contributed by atoms with van der Waals surface area (Å²) in [6, 6.07) is 12.5. The largest absolute Gasteiger partial charge is 0.496 e. The zero-order valence-electron chi connectivity index (χ0n) is 16.3. The fourth-order valence-corrected chi connectivity index (χ4v) is 5.03. The van der Waals surface area contributed by atoms with E-state index in [1.165, 1.54) is 11.4 Å². The predicted molar refractivity (Wildman–Crippen MR) is 106 cm³/mol. The molecule has 1 aromatic heterocycles. The van der Waals surface area contributed by atoms with Gasteiger partial charge in [-0.3, -0.25) is 0 Å². The van der Waals surface area contributed by atoms with Gasteiger partial charge in [0.1, 0.15) is 16.4 Å². The van der Waals surface area contributed by atoms with Gasteiger partial charge in [0.15, 0.2) is 0 Å². The van der Waals surface area contributed by atoms with Crippen LogP contribution in [0.25, 0.3) is 11.4 Å². The molecule has 1 aliphatic rings. The van der Waals surface area contributed by atoms with Crippen LogP contribution in [0.3, 0.4) is 0 Å². The summed E-state index contributed by atoms with van der Waals surface area (Å²) >= 11 is 0. The normalized spacial score (nSPS) is 15.1. The summed E-state index contributed by atoms with van der Waals surface area (Å²) in [6.07, 6.45) is 0. The molecule has 0 N–H and O–H groups in total. The lowest BCUT2D eigenvalue weighted by Gasteiger charge is -2.36. The van der Waals surface area contributed by atoms with Gasteiger partial charge in [-0.05, 0) is 36.8 Å². The smallest absolute Gasteiger partial charge is 0.246 e. The fourth-order valence-electron chi connectivity index (χ4n) is 3.25. The summed E-state index contributed by atoms with van der Waals surface area (Å²) < 4.78 is 43.3. The molecule has 1 aliphatic heterocycles. The van der Waals surface area contributed by atoms with Crippen LogP contribution < -0.4 is 9.47 Å². The number of sulfonamides is 1. The van der Waals surface area contributed by atoms with Crippen molar-refractivity contribution in [3.05, 3.63) is 53.9 Å². The molecular weight excluding hydrogens is 394 g/mol. The molecule has 0 bridgehead atoms. The Morgan fingerprint density at radius 1 is 1.07 bits per heavy atom. The standard InChI is InChI=1S/C20H21N3O5S/c1-13-8-9-17(27-3)18(10-13)29(24,25)23-11-14(12-23)20-21-19(22-28-20)15-6-4-5-7-16(15)26-2/h4-10,14H,11-12H2,1-3H3. The lowest BCUT2D eigenvalue weighted by molar-refractivity contribution is 0.216. The number of rotatable bonds is 6. The average molecular weight is 415 g/mol. The summed E-state index contributed by atoms with van der Waals surface area (Å²) in [6.45, 7) is 2.38. The van der Waals surface area contributed by atoms with Gasteiger partial charge in [-0.1, -0.05) is 23.4 Å². The van der Waals surface area contributed by atoms with Gasteiger partial charge >= 0.3 is 0 Å². The minimum Gasteiger partial charge on any atom is -0.496 e. The van der Waals surface area contributed by atoms with Crippen LogP contribution in [0.15, 0.2) is 51.9 Å². The Bertz CT molecular complexity index is 1140. The number of benzene rings is 2. The Balaban J connectivity index is 1.52. The van der Waals surface area contributed by atoms with Crippen molar-refractivity contribution in [1.82, 2.24) is 14.4 Å². The quantitative estimate of drug-likeness (QED) is 0.611. The van der Waals surface area contributed by atoms with Crippen LogP contribution in [0.5, 0.6) is 11.5 Å². The third-order valence-electron chi connectivity index (χ3n) is 4.92.